The minimum Gasteiger partial charge on any atom is -0.496 e. The second kappa shape index (κ2) is 4.20. The summed E-state index contributed by atoms with van der Waals surface area (Å²) >= 11 is 5.30. The van der Waals surface area contributed by atoms with Crippen LogP contribution in [0.3, 0.4) is 0 Å². The molecule has 15 heavy (non-hydrogen) atoms. The average Bonchev–Trinajstić information content (AvgIpc) is 2.15. The standard InChI is InChI=1S/C9H9ClO4S/c1-14-8-4-3-6(15(2,12)13)5-7(8)9(10)11/h3-5H,1-2H3. The van der Waals surface area contributed by atoms with E-state index in [0.29, 0.717) is 0 Å². The van der Waals surface area contributed by atoms with Crippen LogP contribution in [0.25, 0.3) is 0 Å². The Kier molecular flexibility index (Phi) is 3.36. The van der Waals surface area contributed by atoms with Crippen LogP contribution in [-0.2, 0) is 9.84 Å². The Morgan fingerprint density at radius 1 is 1.40 bits per heavy atom. The van der Waals surface area contributed by atoms with E-state index in [0.717, 1.165) is 6.26 Å². The molecule has 0 fully saturated rings. The van der Waals surface area contributed by atoms with Crippen molar-refractivity contribution in [2.75, 3.05) is 13.4 Å². The molecule has 82 valence electrons. The molecule has 0 heterocycles. The van der Waals surface area contributed by atoms with E-state index < -0.39 is 15.1 Å². The first-order chi connectivity index (χ1) is 6.86. The Hall–Kier alpha value is -1.07. The van der Waals surface area contributed by atoms with Crippen molar-refractivity contribution in [1.29, 1.82) is 0 Å². The maximum Gasteiger partial charge on any atom is 0.256 e. The Labute approximate surface area is 92.7 Å². The number of ether oxygens (including phenoxy) is 1. The molecule has 0 aromatic heterocycles. The first-order valence-electron chi connectivity index (χ1n) is 3.94. The minimum atomic E-state index is -3.35. The first kappa shape index (κ1) is 12.0. The van der Waals surface area contributed by atoms with Crippen LogP contribution in [0.5, 0.6) is 5.75 Å². The summed E-state index contributed by atoms with van der Waals surface area (Å²) in [6.45, 7) is 0. The molecule has 0 aliphatic rings. The summed E-state index contributed by atoms with van der Waals surface area (Å²) in [5.74, 6) is 0.252. The molecule has 4 nitrogen and oxygen atoms in total. The van der Waals surface area contributed by atoms with E-state index in [1.54, 1.807) is 0 Å². The lowest BCUT2D eigenvalue weighted by molar-refractivity contribution is 0.107. The van der Waals surface area contributed by atoms with E-state index in [4.69, 9.17) is 16.3 Å². The van der Waals surface area contributed by atoms with Crippen molar-refractivity contribution in [2.24, 2.45) is 0 Å². The fourth-order valence-corrected chi connectivity index (χ4v) is 1.87. The maximum atomic E-state index is 11.2. The highest BCUT2D eigenvalue weighted by molar-refractivity contribution is 7.90. The van der Waals surface area contributed by atoms with Crippen LogP contribution in [0.4, 0.5) is 0 Å². The van der Waals surface area contributed by atoms with Crippen molar-refractivity contribution in [1.82, 2.24) is 0 Å². The van der Waals surface area contributed by atoms with E-state index in [2.05, 4.69) is 0 Å². The molecular formula is C9H9ClO4S. The SMILES string of the molecule is COc1ccc(S(C)(=O)=O)cc1C(=O)Cl. The molecule has 0 saturated heterocycles. The Balaban J connectivity index is 3.42. The van der Waals surface area contributed by atoms with Crippen molar-refractivity contribution < 1.29 is 17.9 Å². The molecule has 0 amide bonds. The molecule has 1 aromatic rings. The van der Waals surface area contributed by atoms with E-state index in [1.165, 1.54) is 25.3 Å². The number of rotatable bonds is 3. The maximum absolute atomic E-state index is 11.2. The van der Waals surface area contributed by atoms with E-state index >= 15 is 0 Å². The summed E-state index contributed by atoms with van der Waals surface area (Å²) in [6, 6.07) is 3.95. The number of sulfone groups is 1. The zero-order valence-electron chi connectivity index (χ0n) is 8.15. The van der Waals surface area contributed by atoms with Crippen LogP contribution >= 0.6 is 11.6 Å². The molecular weight excluding hydrogens is 240 g/mol. The van der Waals surface area contributed by atoms with E-state index in [1.807, 2.05) is 0 Å². The predicted molar refractivity (Wildman–Crippen MR) is 56.3 cm³/mol. The van der Waals surface area contributed by atoms with Crippen molar-refractivity contribution in [3.63, 3.8) is 0 Å². The molecule has 0 unspecified atom stereocenters. The summed E-state index contributed by atoms with van der Waals surface area (Å²) < 4.78 is 27.3. The van der Waals surface area contributed by atoms with Gasteiger partial charge in [-0.05, 0) is 29.8 Å². The lowest BCUT2D eigenvalue weighted by Gasteiger charge is -2.06. The van der Waals surface area contributed by atoms with Crippen LogP contribution in [0.15, 0.2) is 23.1 Å². The smallest absolute Gasteiger partial charge is 0.256 e. The van der Waals surface area contributed by atoms with Gasteiger partial charge in [0.05, 0.1) is 17.6 Å². The number of halogens is 1. The van der Waals surface area contributed by atoms with Gasteiger partial charge in [-0.1, -0.05) is 0 Å². The van der Waals surface area contributed by atoms with Crippen molar-refractivity contribution in [3.05, 3.63) is 23.8 Å². The molecule has 0 radical (unpaired) electrons. The lowest BCUT2D eigenvalue weighted by atomic mass is 10.2. The number of methoxy groups -OCH3 is 1. The summed E-state index contributed by atoms with van der Waals surface area (Å²) in [6.07, 6.45) is 1.05. The number of benzene rings is 1. The van der Waals surface area contributed by atoms with Gasteiger partial charge in [-0.3, -0.25) is 4.79 Å². The van der Waals surface area contributed by atoms with E-state index in [-0.39, 0.29) is 16.2 Å². The Bertz CT molecular complexity index is 493. The molecule has 0 bridgehead atoms. The highest BCUT2D eigenvalue weighted by Crippen LogP contribution is 2.23. The number of hydrogen-bond acceptors (Lipinski definition) is 4. The number of hydrogen-bond donors (Lipinski definition) is 0. The molecule has 1 rings (SSSR count). The lowest BCUT2D eigenvalue weighted by Crippen LogP contribution is -2.01. The Morgan fingerprint density at radius 2 is 2.00 bits per heavy atom. The number of carbonyl (C=O) groups excluding carboxylic acids is 1. The summed E-state index contributed by atoms with van der Waals surface area (Å²) in [5.41, 5.74) is 0.0436. The van der Waals surface area contributed by atoms with Gasteiger partial charge < -0.3 is 4.74 Å². The van der Waals surface area contributed by atoms with Crippen LogP contribution in [0, 0.1) is 0 Å². The molecule has 1 aromatic carbocycles. The fourth-order valence-electron chi connectivity index (χ4n) is 1.07. The third kappa shape index (κ3) is 2.70. The van der Waals surface area contributed by atoms with Crippen LogP contribution < -0.4 is 4.74 Å². The predicted octanol–water partition coefficient (Wildman–Crippen LogP) is 1.48. The van der Waals surface area contributed by atoms with Gasteiger partial charge in [0.1, 0.15) is 5.75 Å². The zero-order chi connectivity index (χ0) is 11.6. The molecule has 0 N–H and O–H groups in total. The third-order valence-corrected chi connectivity index (χ3v) is 3.12. The molecule has 0 aliphatic carbocycles. The number of carbonyl (C=O) groups is 1. The van der Waals surface area contributed by atoms with Gasteiger partial charge in [-0.25, -0.2) is 8.42 Å². The van der Waals surface area contributed by atoms with Crippen LogP contribution in [0.1, 0.15) is 10.4 Å². The third-order valence-electron chi connectivity index (χ3n) is 1.81. The van der Waals surface area contributed by atoms with Gasteiger partial charge >= 0.3 is 0 Å². The van der Waals surface area contributed by atoms with Gasteiger partial charge in [0.25, 0.3) is 5.24 Å². The van der Waals surface area contributed by atoms with Gasteiger partial charge in [-0.2, -0.15) is 0 Å². The largest absolute Gasteiger partial charge is 0.496 e. The Morgan fingerprint density at radius 3 is 2.40 bits per heavy atom. The fraction of sp³-hybridized carbons (Fsp3) is 0.222. The quantitative estimate of drug-likeness (QED) is 0.760. The van der Waals surface area contributed by atoms with Gasteiger partial charge in [0.15, 0.2) is 9.84 Å². The summed E-state index contributed by atoms with van der Waals surface area (Å²) in [4.78, 5) is 11.0. The average molecular weight is 249 g/mol. The van der Waals surface area contributed by atoms with Crippen molar-refractivity contribution in [3.8, 4) is 5.75 Å². The van der Waals surface area contributed by atoms with Crippen molar-refractivity contribution >= 4 is 26.7 Å². The topological polar surface area (TPSA) is 60.4 Å². The van der Waals surface area contributed by atoms with Gasteiger partial charge in [0, 0.05) is 6.26 Å². The minimum absolute atomic E-state index is 0.0345. The van der Waals surface area contributed by atoms with E-state index in [9.17, 15) is 13.2 Å². The monoisotopic (exact) mass is 248 g/mol. The van der Waals surface area contributed by atoms with Crippen LogP contribution in [-0.4, -0.2) is 27.0 Å². The van der Waals surface area contributed by atoms with Gasteiger partial charge in [0.2, 0.25) is 0 Å². The van der Waals surface area contributed by atoms with Crippen molar-refractivity contribution in [2.45, 2.75) is 4.90 Å². The molecule has 0 spiro atoms. The molecule has 6 heteroatoms. The second-order valence-corrected chi connectivity index (χ2v) is 5.27. The zero-order valence-corrected chi connectivity index (χ0v) is 9.72. The highest BCUT2D eigenvalue weighted by atomic mass is 35.5. The summed E-state index contributed by atoms with van der Waals surface area (Å²) in [7, 11) is -1.98. The second-order valence-electron chi connectivity index (χ2n) is 2.91. The van der Waals surface area contributed by atoms with Crippen LogP contribution in [0.2, 0.25) is 0 Å². The van der Waals surface area contributed by atoms with Gasteiger partial charge in [-0.15, -0.1) is 0 Å². The normalized spacial score (nSPS) is 11.1. The highest BCUT2D eigenvalue weighted by Gasteiger charge is 2.15. The molecule has 0 aliphatic heterocycles. The summed E-state index contributed by atoms with van der Waals surface area (Å²) in [5, 5.41) is -0.752. The first-order valence-corrected chi connectivity index (χ1v) is 6.21. The molecule has 0 atom stereocenters. The molecule has 0 saturated carbocycles.